The van der Waals surface area contributed by atoms with E-state index in [0.717, 1.165) is 43.4 Å². The van der Waals surface area contributed by atoms with E-state index in [0.29, 0.717) is 12.0 Å². The van der Waals surface area contributed by atoms with E-state index in [9.17, 15) is 0 Å². The zero-order valence-electron chi connectivity index (χ0n) is 16.2. The van der Waals surface area contributed by atoms with Crippen LogP contribution < -0.4 is 4.90 Å². The van der Waals surface area contributed by atoms with E-state index in [1.165, 1.54) is 30.4 Å². The molecule has 2 aromatic heterocycles. The Hall–Kier alpha value is -2.73. The third kappa shape index (κ3) is 3.40. The Morgan fingerprint density at radius 2 is 1.82 bits per heavy atom. The van der Waals surface area contributed by atoms with Gasteiger partial charge in [-0.15, -0.1) is 5.10 Å². The fourth-order valence-electron chi connectivity index (χ4n) is 4.40. The summed E-state index contributed by atoms with van der Waals surface area (Å²) in [6, 6.07) is 13.4. The quantitative estimate of drug-likeness (QED) is 0.701. The lowest BCUT2D eigenvalue weighted by molar-refractivity contribution is 0.169. The van der Waals surface area contributed by atoms with Crippen LogP contribution in [0.5, 0.6) is 0 Å². The van der Waals surface area contributed by atoms with E-state index in [4.69, 9.17) is 4.42 Å². The molecule has 0 amide bonds. The summed E-state index contributed by atoms with van der Waals surface area (Å²) >= 11 is 0. The van der Waals surface area contributed by atoms with Crippen molar-refractivity contribution in [2.45, 2.75) is 32.2 Å². The van der Waals surface area contributed by atoms with E-state index < -0.39 is 0 Å². The molecule has 0 N–H and O–H groups in total. The average molecular weight is 375 g/mol. The molecule has 1 fully saturated rings. The minimum atomic E-state index is 0.647. The molecule has 0 spiro atoms. The minimum absolute atomic E-state index is 0.647. The summed E-state index contributed by atoms with van der Waals surface area (Å²) in [5, 5.41) is 8.42. The van der Waals surface area contributed by atoms with Gasteiger partial charge in [0.2, 0.25) is 5.95 Å². The van der Waals surface area contributed by atoms with Crippen molar-refractivity contribution in [1.82, 2.24) is 20.1 Å². The molecule has 0 radical (unpaired) electrons. The van der Waals surface area contributed by atoms with Gasteiger partial charge in [0.15, 0.2) is 5.76 Å². The first kappa shape index (κ1) is 17.4. The van der Waals surface area contributed by atoms with Gasteiger partial charge < -0.3 is 9.32 Å². The third-order valence-electron chi connectivity index (χ3n) is 5.97. The van der Waals surface area contributed by atoms with Crippen LogP contribution in [-0.2, 0) is 12.8 Å². The van der Waals surface area contributed by atoms with Gasteiger partial charge in [-0.25, -0.2) is 4.98 Å². The van der Waals surface area contributed by atoms with Crippen molar-refractivity contribution < 1.29 is 4.42 Å². The molecule has 6 nitrogen and oxygen atoms in total. The van der Waals surface area contributed by atoms with E-state index in [1.54, 1.807) is 6.20 Å². The van der Waals surface area contributed by atoms with Crippen LogP contribution in [0.25, 0.3) is 11.5 Å². The molecule has 0 saturated carbocycles. The zero-order valence-corrected chi connectivity index (χ0v) is 16.2. The first-order valence-electron chi connectivity index (χ1n) is 10.1. The highest BCUT2D eigenvalue weighted by Gasteiger charge is 2.28. The molecule has 6 heteroatoms. The number of piperazine rings is 1. The summed E-state index contributed by atoms with van der Waals surface area (Å²) in [4.78, 5) is 9.56. The molecule has 0 unspecified atom stereocenters. The van der Waals surface area contributed by atoms with E-state index in [2.05, 4.69) is 49.2 Å². The maximum absolute atomic E-state index is 5.68. The number of fused-ring (bicyclic) bond motifs is 1. The lowest BCUT2D eigenvalue weighted by Gasteiger charge is -2.41. The second-order valence-corrected chi connectivity index (χ2v) is 7.74. The number of hydrogen-bond donors (Lipinski definition) is 0. The van der Waals surface area contributed by atoms with Crippen molar-refractivity contribution in [3.8, 4) is 11.5 Å². The summed E-state index contributed by atoms with van der Waals surface area (Å²) in [6.07, 6.45) is 5.28. The van der Waals surface area contributed by atoms with Crippen molar-refractivity contribution in [3.05, 3.63) is 59.5 Å². The van der Waals surface area contributed by atoms with Gasteiger partial charge in [-0.05, 0) is 49.4 Å². The first-order chi connectivity index (χ1) is 13.8. The minimum Gasteiger partial charge on any atom is -0.460 e. The number of anilines is 1. The Morgan fingerprint density at radius 1 is 1.00 bits per heavy atom. The van der Waals surface area contributed by atoms with E-state index >= 15 is 0 Å². The monoisotopic (exact) mass is 375 g/mol. The lowest BCUT2D eigenvalue weighted by Crippen LogP contribution is -2.52. The number of furan rings is 1. The molecular weight excluding hydrogens is 350 g/mol. The molecule has 5 rings (SSSR count). The fourth-order valence-corrected chi connectivity index (χ4v) is 4.40. The Morgan fingerprint density at radius 3 is 2.61 bits per heavy atom. The van der Waals surface area contributed by atoms with Crippen LogP contribution in [-0.4, -0.2) is 52.3 Å². The van der Waals surface area contributed by atoms with Gasteiger partial charge >= 0.3 is 0 Å². The van der Waals surface area contributed by atoms with Crippen LogP contribution in [0.4, 0.5) is 5.95 Å². The molecule has 144 valence electrons. The van der Waals surface area contributed by atoms with Crippen molar-refractivity contribution in [2.75, 3.05) is 31.1 Å². The van der Waals surface area contributed by atoms with Crippen LogP contribution in [0.2, 0.25) is 0 Å². The Balaban J connectivity index is 1.24. The maximum atomic E-state index is 5.68. The molecule has 1 saturated heterocycles. The summed E-state index contributed by atoms with van der Waals surface area (Å²) in [5.74, 6) is 2.31. The Labute approximate surface area is 165 Å². The summed E-state index contributed by atoms with van der Waals surface area (Å²) in [5.41, 5.74) is 3.79. The number of hydrogen-bond acceptors (Lipinski definition) is 6. The van der Waals surface area contributed by atoms with Gasteiger partial charge in [0.05, 0.1) is 6.20 Å². The van der Waals surface area contributed by atoms with Gasteiger partial charge in [-0.2, -0.15) is 5.10 Å². The van der Waals surface area contributed by atoms with Crippen molar-refractivity contribution in [2.24, 2.45) is 0 Å². The molecule has 0 bridgehead atoms. The van der Waals surface area contributed by atoms with Crippen LogP contribution in [0, 0.1) is 6.92 Å². The third-order valence-corrected chi connectivity index (χ3v) is 5.97. The number of benzene rings is 1. The topological polar surface area (TPSA) is 58.3 Å². The molecule has 1 atom stereocenters. The van der Waals surface area contributed by atoms with Gasteiger partial charge in [0.25, 0.3) is 0 Å². The Kier molecular flexibility index (Phi) is 4.56. The molecule has 1 aliphatic heterocycles. The zero-order chi connectivity index (χ0) is 18.9. The maximum Gasteiger partial charge on any atom is 0.246 e. The summed E-state index contributed by atoms with van der Waals surface area (Å²) in [6.45, 7) is 5.88. The normalized spacial score (nSPS) is 20.2. The largest absolute Gasteiger partial charge is 0.460 e. The molecule has 3 heterocycles. The first-order valence-corrected chi connectivity index (χ1v) is 10.1. The highest BCUT2D eigenvalue weighted by atomic mass is 16.3. The number of aromatic nitrogens is 3. The van der Waals surface area contributed by atoms with Gasteiger partial charge in [0, 0.05) is 32.2 Å². The molecule has 1 aliphatic carbocycles. The van der Waals surface area contributed by atoms with Gasteiger partial charge in [-0.1, -0.05) is 24.3 Å². The van der Waals surface area contributed by atoms with Crippen LogP contribution in [0.3, 0.4) is 0 Å². The van der Waals surface area contributed by atoms with Crippen LogP contribution >= 0.6 is 0 Å². The van der Waals surface area contributed by atoms with Crippen molar-refractivity contribution in [1.29, 1.82) is 0 Å². The summed E-state index contributed by atoms with van der Waals surface area (Å²) < 4.78 is 5.68. The highest BCUT2D eigenvalue weighted by Crippen LogP contribution is 2.26. The van der Waals surface area contributed by atoms with Crippen molar-refractivity contribution >= 4 is 5.95 Å². The fraction of sp³-hybridized carbons (Fsp3) is 0.409. The lowest BCUT2D eigenvalue weighted by atomic mass is 9.87. The molecule has 3 aromatic rings. The van der Waals surface area contributed by atoms with Crippen LogP contribution in [0.1, 0.15) is 23.3 Å². The average Bonchev–Trinajstić information content (AvgIpc) is 3.20. The predicted octanol–water partition coefficient (Wildman–Crippen LogP) is 3.12. The smallest absolute Gasteiger partial charge is 0.246 e. The number of aryl methyl sites for hydroxylation is 2. The molecule has 28 heavy (non-hydrogen) atoms. The Bertz CT molecular complexity index is 961. The summed E-state index contributed by atoms with van der Waals surface area (Å²) in [7, 11) is 0. The van der Waals surface area contributed by atoms with E-state index in [1.807, 2.05) is 19.1 Å². The molecule has 2 aliphatic rings. The van der Waals surface area contributed by atoms with Gasteiger partial charge in [-0.3, -0.25) is 4.90 Å². The number of nitrogens with zero attached hydrogens (tertiary/aromatic N) is 5. The SMILES string of the molecule is Cc1ccc(-c2cnnc(N3CCN([C@@H]4CCc5ccccc5C4)CC3)n2)o1. The second kappa shape index (κ2) is 7.36. The molecular formula is C22H25N5O. The predicted molar refractivity (Wildman–Crippen MR) is 108 cm³/mol. The molecule has 1 aromatic carbocycles. The second-order valence-electron chi connectivity index (χ2n) is 7.74. The number of rotatable bonds is 3. The van der Waals surface area contributed by atoms with Gasteiger partial charge in [0.1, 0.15) is 11.5 Å². The van der Waals surface area contributed by atoms with Crippen molar-refractivity contribution in [3.63, 3.8) is 0 Å². The standard InChI is InChI=1S/C22H25N5O/c1-16-6-9-21(28-16)20-15-23-25-22(24-20)27-12-10-26(11-13-27)19-8-7-17-4-2-3-5-18(17)14-19/h2-6,9,15,19H,7-8,10-14H2,1H3/t19-/m1/s1. The van der Waals surface area contributed by atoms with Crippen LogP contribution in [0.15, 0.2) is 47.0 Å². The van der Waals surface area contributed by atoms with E-state index in [-0.39, 0.29) is 0 Å². The highest BCUT2D eigenvalue weighted by molar-refractivity contribution is 5.52.